The molecule has 6 nitrogen and oxygen atoms in total. The van der Waals surface area contributed by atoms with Gasteiger partial charge in [-0.05, 0) is 43.9 Å². The maximum Gasteiger partial charge on any atom is 0.226 e. The van der Waals surface area contributed by atoms with E-state index in [4.69, 9.17) is 4.52 Å². The molecule has 1 fully saturated rings. The first-order valence-corrected chi connectivity index (χ1v) is 8.77. The number of nitrogens with zero attached hydrogens (tertiary/aromatic N) is 3. The predicted octanol–water partition coefficient (Wildman–Crippen LogP) is 2.69. The zero-order valence-corrected chi connectivity index (χ0v) is 15.0. The fourth-order valence-corrected chi connectivity index (χ4v) is 3.38. The topological polar surface area (TPSA) is 75.3 Å². The van der Waals surface area contributed by atoms with Crippen molar-refractivity contribution in [1.82, 2.24) is 20.8 Å². The van der Waals surface area contributed by atoms with Gasteiger partial charge in [0.1, 0.15) is 0 Å². The van der Waals surface area contributed by atoms with Gasteiger partial charge < -0.3 is 15.2 Å². The molecule has 23 heavy (non-hydrogen) atoms. The lowest BCUT2D eigenvalue weighted by molar-refractivity contribution is 0.104. The van der Waals surface area contributed by atoms with Crippen LogP contribution < -0.4 is 10.6 Å². The lowest BCUT2D eigenvalue weighted by Gasteiger charge is -2.43. The van der Waals surface area contributed by atoms with E-state index in [1.807, 2.05) is 14.0 Å². The van der Waals surface area contributed by atoms with Gasteiger partial charge in [-0.15, -0.1) is 0 Å². The van der Waals surface area contributed by atoms with Gasteiger partial charge in [0.15, 0.2) is 11.8 Å². The highest BCUT2D eigenvalue weighted by Gasteiger charge is 2.37. The number of hydrogen-bond donors (Lipinski definition) is 2. The van der Waals surface area contributed by atoms with Crippen molar-refractivity contribution in [2.75, 3.05) is 20.1 Å². The van der Waals surface area contributed by atoms with E-state index in [2.05, 4.69) is 39.6 Å². The molecule has 1 saturated carbocycles. The Morgan fingerprint density at radius 3 is 2.65 bits per heavy atom. The summed E-state index contributed by atoms with van der Waals surface area (Å²) in [5, 5.41) is 10.7. The van der Waals surface area contributed by atoms with Crippen LogP contribution in [0.3, 0.4) is 0 Å². The summed E-state index contributed by atoms with van der Waals surface area (Å²) in [5.41, 5.74) is 0.479. The van der Waals surface area contributed by atoms with Crippen LogP contribution in [0.1, 0.15) is 57.7 Å². The van der Waals surface area contributed by atoms with Crippen molar-refractivity contribution in [3.8, 4) is 0 Å². The molecule has 0 aromatic carbocycles. The van der Waals surface area contributed by atoms with Crippen LogP contribution in [0, 0.1) is 18.3 Å². The highest BCUT2D eigenvalue weighted by molar-refractivity contribution is 5.79. The molecular weight excluding hydrogens is 290 g/mol. The summed E-state index contributed by atoms with van der Waals surface area (Å²) in [6, 6.07) is 0. The van der Waals surface area contributed by atoms with E-state index in [1.165, 1.54) is 25.7 Å². The fourth-order valence-electron chi connectivity index (χ4n) is 3.38. The van der Waals surface area contributed by atoms with Crippen molar-refractivity contribution in [2.45, 2.75) is 59.3 Å². The number of hydrogen-bond acceptors (Lipinski definition) is 4. The number of aliphatic imine (C=N–C) groups is 1. The van der Waals surface area contributed by atoms with E-state index in [0.29, 0.717) is 17.1 Å². The summed E-state index contributed by atoms with van der Waals surface area (Å²) < 4.78 is 5.11. The number of rotatable bonds is 8. The highest BCUT2D eigenvalue weighted by atomic mass is 16.5. The van der Waals surface area contributed by atoms with Crippen molar-refractivity contribution >= 4 is 5.96 Å². The van der Waals surface area contributed by atoms with Crippen LogP contribution in [0.15, 0.2) is 9.52 Å². The minimum atomic E-state index is 0.479. The molecule has 0 atom stereocenters. The first-order chi connectivity index (χ1) is 11.0. The smallest absolute Gasteiger partial charge is 0.226 e. The number of aromatic nitrogens is 2. The normalized spacial score (nSPS) is 17.2. The Hall–Kier alpha value is -1.59. The molecule has 2 rings (SSSR count). The van der Waals surface area contributed by atoms with E-state index >= 15 is 0 Å². The molecule has 1 aliphatic carbocycles. The highest BCUT2D eigenvalue weighted by Crippen LogP contribution is 2.45. The third-order valence-electron chi connectivity index (χ3n) is 4.54. The first-order valence-electron chi connectivity index (χ1n) is 8.77. The van der Waals surface area contributed by atoms with Crippen LogP contribution in [0.25, 0.3) is 0 Å². The van der Waals surface area contributed by atoms with Crippen LogP contribution >= 0.6 is 0 Å². The molecular formula is C17H31N5O. The molecule has 0 amide bonds. The number of aryl methyl sites for hydroxylation is 2. The molecule has 0 aliphatic heterocycles. The molecule has 0 saturated heterocycles. The molecule has 1 aliphatic rings. The number of guanidine groups is 1. The molecule has 2 N–H and O–H groups in total. The van der Waals surface area contributed by atoms with Gasteiger partial charge in [0.05, 0.1) is 0 Å². The van der Waals surface area contributed by atoms with Crippen molar-refractivity contribution in [3.05, 3.63) is 11.7 Å². The van der Waals surface area contributed by atoms with E-state index in [-0.39, 0.29) is 0 Å². The Bertz CT molecular complexity index is 505. The molecule has 1 aromatic heterocycles. The second-order valence-corrected chi connectivity index (χ2v) is 7.14. The second-order valence-electron chi connectivity index (χ2n) is 7.14. The van der Waals surface area contributed by atoms with Crippen LogP contribution in [0.2, 0.25) is 0 Å². The Kier molecular flexibility index (Phi) is 6.42. The second kappa shape index (κ2) is 8.31. The van der Waals surface area contributed by atoms with Crippen LogP contribution in [0.5, 0.6) is 0 Å². The summed E-state index contributed by atoms with van der Waals surface area (Å²) in [4.78, 5) is 8.53. The van der Waals surface area contributed by atoms with Gasteiger partial charge in [0.25, 0.3) is 0 Å². The van der Waals surface area contributed by atoms with Crippen molar-refractivity contribution in [3.63, 3.8) is 0 Å². The lowest BCUT2D eigenvalue weighted by atomic mass is 9.64. The van der Waals surface area contributed by atoms with E-state index < -0.39 is 0 Å². The average Bonchev–Trinajstić information content (AvgIpc) is 2.88. The van der Waals surface area contributed by atoms with Crippen molar-refractivity contribution in [1.29, 1.82) is 0 Å². The van der Waals surface area contributed by atoms with Gasteiger partial charge >= 0.3 is 0 Å². The molecule has 0 radical (unpaired) electrons. The Morgan fingerprint density at radius 1 is 1.35 bits per heavy atom. The van der Waals surface area contributed by atoms with Crippen molar-refractivity contribution < 1.29 is 4.52 Å². The largest absolute Gasteiger partial charge is 0.356 e. The Balaban J connectivity index is 1.67. The van der Waals surface area contributed by atoms with Crippen molar-refractivity contribution in [2.24, 2.45) is 16.3 Å². The van der Waals surface area contributed by atoms with Gasteiger partial charge in [-0.3, -0.25) is 4.99 Å². The van der Waals surface area contributed by atoms with Crippen LogP contribution in [-0.2, 0) is 6.42 Å². The summed E-state index contributed by atoms with van der Waals surface area (Å²) in [6.45, 7) is 8.33. The van der Waals surface area contributed by atoms with E-state index in [0.717, 1.165) is 37.8 Å². The zero-order chi connectivity index (χ0) is 16.7. The quantitative estimate of drug-likeness (QED) is 0.437. The van der Waals surface area contributed by atoms with Crippen LogP contribution in [0.4, 0.5) is 0 Å². The van der Waals surface area contributed by atoms with Crippen LogP contribution in [-0.4, -0.2) is 36.2 Å². The molecule has 1 aromatic rings. The Morgan fingerprint density at radius 2 is 2.13 bits per heavy atom. The molecule has 0 spiro atoms. The number of nitrogens with one attached hydrogen (secondary N) is 2. The van der Waals surface area contributed by atoms with E-state index in [9.17, 15) is 0 Å². The molecule has 0 bridgehead atoms. The van der Waals surface area contributed by atoms with Gasteiger partial charge in [-0.1, -0.05) is 25.4 Å². The molecule has 0 unspecified atom stereocenters. The maximum absolute atomic E-state index is 5.11. The minimum Gasteiger partial charge on any atom is -0.356 e. The van der Waals surface area contributed by atoms with Gasteiger partial charge in [0, 0.05) is 26.6 Å². The maximum atomic E-state index is 5.11. The Labute approximate surface area is 139 Å². The first kappa shape index (κ1) is 17.8. The van der Waals surface area contributed by atoms with Gasteiger partial charge in [-0.2, -0.15) is 4.98 Å². The SMILES string of the molecule is CN=C(NCCCc1nc(C)no1)NCC1(CC(C)C)CCC1. The summed E-state index contributed by atoms with van der Waals surface area (Å²) in [7, 11) is 1.83. The zero-order valence-electron chi connectivity index (χ0n) is 15.0. The molecule has 1 heterocycles. The standard InChI is InChI=1S/C17H31N5O/c1-13(2)11-17(8-6-9-17)12-20-16(18-4)19-10-5-7-15-21-14(3)22-23-15/h13H,5-12H2,1-4H3,(H2,18,19,20). The fraction of sp³-hybridized carbons (Fsp3) is 0.824. The predicted molar refractivity (Wildman–Crippen MR) is 92.5 cm³/mol. The monoisotopic (exact) mass is 321 g/mol. The third kappa shape index (κ3) is 5.52. The molecule has 6 heteroatoms. The van der Waals surface area contributed by atoms with E-state index in [1.54, 1.807) is 0 Å². The van der Waals surface area contributed by atoms with Gasteiger partial charge in [0.2, 0.25) is 5.89 Å². The summed E-state index contributed by atoms with van der Waals surface area (Å²) in [6.07, 6.45) is 7.08. The minimum absolute atomic E-state index is 0.479. The summed E-state index contributed by atoms with van der Waals surface area (Å²) >= 11 is 0. The summed E-state index contributed by atoms with van der Waals surface area (Å²) in [5.74, 6) is 3.05. The third-order valence-corrected chi connectivity index (χ3v) is 4.54. The molecule has 130 valence electrons. The van der Waals surface area contributed by atoms with Gasteiger partial charge in [-0.25, -0.2) is 0 Å². The lowest BCUT2D eigenvalue weighted by Crippen LogP contribution is -2.47. The average molecular weight is 321 g/mol.